The smallest absolute Gasteiger partial charge is 0.338 e. The lowest BCUT2D eigenvalue weighted by molar-refractivity contribution is -0.171. The molecule has 1 aliphatic heterocycles. The van der Waals surface area contributed by atoms with E-state index in [1.165, 1.54) is 12.8 Å². The van der Waals surface area contributed by atoms with Gasteiger partial charge in [-0.2, -0.15) is 0 Å². The highest BCUT2D eigenvalue weighted by Gasteiger charge is 2.51. The second kappa shape index (κ2) is 13.8. The molecule has 2 aromatic carbocycles. The van der Waals surface area contributed by atoms with E-state index < -0.39 is 0 Å². The molecule has 5 rings (SSSR count). The van der Waals surface area contributed by atoms with Gasteiger partial charge in [-0.3, -0.25) is 19.3 Å². The Kier molecular flexibility index (Phi) is 9.91. The summed E-state index contributed by atoms with van der Waals surface area (Å²) in [4.78, 5) is 54.6. The van der Waals surface area contributed by atoms with Gasteiger partial charge in [0.15, 0.2) is 5.78 Å². The lowest BCUT2D eigenvalue weighted by atomic mass is 9.74. The maximum absolute atomic E-state index is 13.9. The van der Waals surface area contributed by atoms with E-state index in [0.29, 0.717) is 17.5 Å². The lowest BCUT2D eigenvalue weighted by Gasteiger charge is -2.49. The van der Waals surface area contributed by atoms with Crippen LogP contribution in [0.2, 0.25) is 0 Å². The molecule has 6 nitrogen and oxygen atoms in total. The van der Waals surface area contributed by atoms with Crippen molar-refractivity contribution in [2.24, 2.45) is 17.8 Å². The molecule has 2 amide bonds. The average molecular weight is 572 g/mol. The van der Waals surface area contributed by atoms with Crippen molar-refractivity contribution >= 4 is 23.6 Å². The number of hydrogen-bond donors (Lipinski definition) is 0. The minimum Gasteiger partial charge on any atom is -0.457 e. The molecule has 0 N–H and O–H groups in total. The number of imide groups is 1. The summed E-state index contributed by atoms with van der Waals surface area (Å²) in [5.74, 6) is -0.654. The van der Waals surface area contributed by atoms with Crippen molar-refractivity contribution in [3.8, 4) is 0 Å². The number of benzene rings is 2. The maximum atomic E-state index is 13.9. The van der Waals surface area contributed by atoms with E-state index in [9.17, 15) is 19.2 Å². The van der Waals surface area contributed by atoms with Crippen molar-refractivity contribution in [2.75, 3.05) is 0 Å². The molecule has 3 fully saturated rings. The number of esters is 1. The first-order chi connectivity index (χ1) is 20.3. The quantitative estimate of drug-likeness (QED) is 0.149. The largest absolute Gasteiger partial charge is 0.457 e. The minimum absolute atomic E-state index is 0.0154. The Balaban J connectivity index is 1.21. The normalized spacial score (nSPS) is 24.7. The van der Waals surface area contributed by atoms with Crippen molar-refractivity contribution in [3.05, 3.63) is 70.3 Å². The van der Waals surface area contributed by atoms with Crippen LogP contribution in [0.15, 0.2) is 42.5 Å². The van der Waals surface area contributed by atoms with Gasteiger partial charge in [0.05, 0.1) is 17.5 Å². The van der Waals surface area contributed by atoms with Crippen LogP contribution in [0.1, 0.15) is 121 Å². The fourth-order valence-corrected chi connectivity index (χ4v) is 7.37. The van der Waals surface area contributed by atoms with Gasteiger partial charge in [0.2, 0.25) is 11.8 Å². The third kappa shape index (κ3) is 7.02. The number of β-lactam (4-membered cyclic amide) rings is 1. The van der Waals surface area contributed by atoms with Crippen molar-refractivity contribution in [1.82, 2.24) is 4.90 Å². The van der Waals surface area contributed by atoms with E-state index in [1.54, 1.807) is 17.0 Å². The summed E-state index contributed by atoms with van der Waals surface area (Å²) in [7, 11) is 0. The van der Waals surface area contributed by atoms with E-state index in [-0.39, 0.29) is 54.0 Å². The first kappa shape index (κ1) is 30.2. The number of ketones is 1. The van der Waals surface area contributed by atoms with Gasteiger partial charge in [0.25, 0.3) is 0 Å². The van der Waals surface area contributed by atoms with Gasteiger partial charge < -0.3 is 4.74 Å². The Morgan fingerprint density at radius 1 is 0.762 bits per heavy atom. The van der Waals surface area contributed by atoms with E-state index in [2.05, 4.69) is 0 Å². The van der Waals surface area contributed by atoms with Gasteiger partial charge in [-0.05, 0) is 63.1 Å². The van der Waals surface area contributed by atoms with Gasteiger partial charge in [0, 0.05) is 17.9 Å². The third-order valence-corrected chi connectivity index (χ3v) is 9.63. The number of hydrogen-bond acceptors (Lipinski definition) is 5. The molecule has 0 aromatic heterocycles. The zero-order chi connectivity index (χ0) is 29.6. The number of fused-ring (bicyclic) bond motifs is 1. The number of nitrogens with zero attached hydrogens (tertiary/aromatic N) is 1. The molecule has 4 atom stereocenters. The Morgan fingerprint density at radius 3 is 2.07 bits per heavy atom. The fourth-order valence-electron chi connectivity index (χ4n) is 7.37. The molecule has 2 aromatic rings. The van der Waals surface area contributed by atoms with Crippen molar-refractivity contribution < 1.29 is 23.9 Å². The predicted octanol–water partition coefficient (Wildman–Crippen LogP) is 7.53. The second-order valence-electron chi connectivity index (χ2n) is 12.8. The topological polar surface area (TPSA) is 80.8 Å². The summed E-state index contributed by atoms with van der Waals surface area (Å²) in [6.07, 6.45) is 12.4. The zero-order valence-corrected chi connectivity index (χ0v) is 25.2. The first-order valence-electron chi connectivity index (χ1n) is 16.1. The van der Waals surface area contributed by atoms with E-state index in [4.69, 9.17) is 4.74 Å². The van der Waals surface area contributed by atoms with Crippen LogP contribution in [0, 0.1) is 31.6 Å². The van der Waals surface area contributed by atoms with Crippen LogP contribution in [-0.4, -0.2) is 34.5 Å². The number of aryl methyl sites for hydroxylation is 2. The predicted molar refractivity (Wildman–Crippen MR) is 162 cm³/mol. The molecular formula is C36H45NO5. The van der Waals surface area contributed by atoms with Crippen LogP contribution in [0.4, 0.5) is 0 Å². The Hall–Kier alpha value is -3.28. The molecule has 0 radical (unpaired) electrons. The minimum atomic E-state index is -0.367. The first-order valence-corrected chi connectivity index (χ1v) is 16.1. The summed E-state index contributed by atoms with van der Waals surface area (Å²) < 4.78 is 5.52. The molecule has 0 bridgehead atoms. The summed E-state index contributed by atoms with van der Waals surface area (Å²) in [6.45, 7) is 4.03. The highest BCUT2D eigenvalue weighted by molar-refractivity contribution is 6.03. The second-order valence-corrected chi connectivity index (χ2v) is 12.8. The molecule has 0 spiro atoms. The number of Topliss-reactive ketones (excluding diaryl/α,β-unsaturated/α-hetero) is 1. The molecular weight excluding hydrogens is 526 g/mol. The van der Waals surface area contributed by atoms with Crippen LogP contribution >= 0.6 is 0 Å². The summed E-state index contributed by atoms with van der Waals surface area (Å²) in [5.41, 5.74) is 3.98. The highest BCUT2D eigenvalue weighted by atomic mass is 16.5. The molecule has 0 unspecified atom stereocenters. The molecule has 6 heteroatoms. The number of carbonyl (C=O) groups is 4. The Labute approximate surface area is 250 Å². The number of amides is 2. The summed E-state index contributed by atoms with van der Waals surface area (Å²) in [6, 6.07) is 13.0. The van der Waals surface area contributed by atoms with Gasteiger partial charge in [-0.25, -0.2) is 4.79 Å². The van der Waals surface area contributed by atoms with Crippen LogP contribution in [-0.2, 0) is 20.9 Å². The van der Waals surface area contributed by atoms with Gasteiger partial charge >= 0.3 is 5.97 Å². The van der Waals surface area contributed by atoms with Crippen LogP contribution in [0.3, 0.4) is 0 Å². The molecule has 42 heavy (non-hydrogen) atoms. The summed E-state index contributed by atoms with van der Waals surface area (Å²) in [5, 5.41) is 0. The maximum Gasteiger partial charge on any atom is 0.338 e. The average Bonchev–Trinajstić information content (AvgIpc) is 2.94. The molecule has 1 heterocycles. The molecule has 1 saturated heterocycles. The summed E-state index contributed by atoms with van der Waals surface area (Å²) >= 11 is 0. The SMILES string of the molecule is Cc1cc(C)cc(C(=O)OCc2ccc(C(=O)C[C@H]3CCCCCC[C@H]3C(=O)N3C(=O)[C@@H]4CCCCCC[C@@H]43)cc2)c1. The Morgan fingerprint density at radius 2 is 1.38 bits per heavy atom. The van der Waals surface area contributed by atoms with Crippen LogP contribution < -0.4 is 0 Å². The standard InChI is InChI=1S/C36H45NO5/c1-24-19-25(2)21-29(20-24)36(41)42-23-26-15-17-27(18-16-26)33(38)22-28-11-7-3-4-8-12-30(28)34(39)37-32-14-10-6-5-9-13-31(32)35(37)40/h15-21,28,30-32H,3-14,22-23H2,1-2H3/t28-,30-,31-,32+/m1/s1. The van der Waals surface area contributed by atoms with Crippen LogP contribution in [0.5, 0.6) is 0 Å². The molecule has 3 aliphatic rings. The van der Waals surface area contributed by atoms with Crippen molar-refractivity contribution in [1.29, 1.82) is 0 Å². The number of likely N-dealkylation sites (tertiary alicyclic amines) is 1. The number of ether oxygens (including phenoxy) is 1. The van der Waals surface area contributed by atoms with Crippen molar-refractivity contribution in [3.63, 3.8) is 0 Å². The van der Waals surface area contributed by atoms with Gasteiger partial charge in [0.1, 0.15) is 6.61 Å². The monoisotopic (exact) mass is 571 g/mol. The number of carbonyl (C=O) groups excluding carboxylic acids is 4. The lowest BCUT2D eigenvalue weighted by Crippen LogP contribution is -2.64. The van der Waals surface area contributed by atoms with E-state index in [0.717, 1.165) is 80.9 Å². The fraction of sp³-hybridized carbons (Fsp3) is 0.556. The molecule has 2 saturated carbocycles. The van der Waals surface area contributed by atoms with Crippen LogP contribution in [0.25, 0.3) is 0 Å². The molecule has 224 valence electrons. The van der Waals surface area contributed by atoms with E-state index >= 15 is 0 Å². The highest BCUT2D eigenvalue weighted by Crippen LogP contribution is 2.41. The van der Waals surface area contributed by atoms with Gasteiger partial charge in [-0.15, -0.1) is 0 Å². The zero-order valence-electron chi connectivity index (χ0n) is 25.2. The van der Waals surface area contributed by atoms with Crippen molar-refractivity contribution in [2.45, 2.75) is 110 Å². The number of rotatable bonds is 7. The Bertz CT molecular complexity index is 1280. The molecule has 2 aliphatic carbocycles. The van der Waals surface area contributed by atoms with Gasteiger partial charge in [-0.1, -0.05) is 92.8 Å². The third-order valence-electron chi connectivity index (χ3n) is 9.63. The van der Waals surface area contributed by atoms with E-state index in [1.807, 2.05) is 44.2 Å².